The third-order valence-corrected chi connectivity index (χ3v) is 8.11. The number of benzene rings is 1. The van der Waals surface area contributed by atoms with Crippen LogP contribution in [-0.4, -0.2) is 55.9 Å². The number of imidazole rings is 1. The van der Waals surface area contributed by atoms with Crippen molar-refractivity contribution in [2.45, 2.75) is 50.1 Å². The average Bonchev–Trinajstić information content (AvgIpc) is 3.17. The van der Waals surface area contributed by atoms with Crippen molar-refractivity contribution in [3.63, 3.8) is 0 Å². The summed E-state index contributed by atoms with van der Waals surface area (Å²) < 4.78 is 29.4. The Morgan fingerprint density at radius 2 is 1.94 bits per heavy atom. The van der Waals surface area contributed by atoms with E-state index in [1.54, 1.807) is 35.2 Å². The van der Waals surface area contributed by atoms with Gasteiger partial charge in [0.2, 0.25) is 10.0 Å². The molecule has 0 radical (unpaired) electrons. The maximum Gasteiger partial charge on any atom is 0.322 e. The van der Waals surface area contributed by atoms with Crippen LogP contribution in [0.15, 0.2) is 41.8 Å². The monoisotopic (exact) mass is 477 g/mol. The van der Waals surface area contributed by atoms with Gasteiger partial charge in [0.25, 0.3) is 0 Å². The first kappa shape index (κ1) is 22.6. The van der Waals surface area contributed by atoms with Crippen LogP contribution in [0.4, 0.5) is 0 Å². The van der Waals surface area contributed by atoms with E-state index in [0.717, 1.165) is 9.87 Å². The molecule has 0 aliphatic carbocycles. The molecule has 0 amide bonds. The Kier molecular flexibility index (Phi) is 6.19. The van der Waals surface area contributed by atoms with E-state index in [9.17, 15) is 18.3 Å². The third kappa shape index (κ3) is 4.22. The predicted octanol–water partition coefficient (Wildman–Crippen LogP) is 3.16. The Balaban J connectivity index is 1.55. The number of carboxylic acid groups (broad SMARTS) is 1. The molecule has 9 nitrogen and oxygen atoms in total. The molecule has 2 aromatic heterocycles. The number of fused-ring (bicyclic) bond motifs is 1. The molecule has 0 unspecified atom stereocenters. The molecule has 4 rings (SSSR count). The second kappa shape index (κ2) is 8.76. The Bertz CT molecular complexity index is 1240. The van der Waals surface area contributed by atoms with Crippen molar-refractivity contribution in [3.8, 4) is 0 Å². The van der Waals surface area contributed by atoms with Crippen molar-refractivity contribution in [1.29, 1.82) is 0 Å². The van der Waals surface area contributed by atoms with Crippen LogP contribution in [0.2, 0.25) is 5.15 Å². The molecule has 1 fully saturated rings. The number of rotatable bonds is 6. The SMILES string of the molecule is CC(C)c1ccc(S(=O)(=O)N2CC[C@@H](Cn3cnc4c(Cl)ncnc43)C[C@@H]2C(=O)O)cc1. The van der Waals surface area contributed by atoms with Gasteiger partial charge in [-0.2, -0.15) is 4.31 Å². The van der Waals surface area contributed by atoms with Gasteiger partial charge in [-0.25, -0.2) is 23.4 Å². The standard InChI is InChI=1S/C21H24ClN5O4S/c1-13(2)15-3-5-16(6-4-15)32(30,31)27-8-7-14(9-17(27)21(28)29)10-26-12-25-18-19(22)23-11-24-20(18)26/h3-6,11-14,17H,7-10H2,1-2H3,(H,28,29)/t14-,17-/m1/s1. The fraction of sp³-hybridized carbons (Fsp3) is 0.429. The highest BCUT2D eigenvalue weighted by molar-refractivity contribution is 7.89. The second-order valence-electron chi connectivity index (χ2n) is 8.32. The first-order valence-electron chi connectivity index (χ1n) is 10.3. The minimum Gasteiger partial charge on any atom is -0.480 e. The molecule has 3 aromatic rings. The van der Waals surface area contributed by atoms with Crippen LogP contribution < -0.4 is 0 Å². The highest BCUT2D eigenvalue weighted by Crippen LogP contribution is 2.31. The van der Waals surface area contributed by atoms with Gasteiger partial charge in [-0.3, -0.25) is 4.79 Å². The lowest BCUT2D eigenvalue weighted by molar-refractivity contribution is -0.143. The molecule has 170 valence electrons. The fourth-order valence-corrected chi connectivity index (χ4v) is 5.90. The minimum atomic E-state index is -3.93. The smallest absolute Gasteiger partial charge is 0.322 e. The summed E-state index contributed by atoms with van der Waals surface area (Å²) in [4.78, 5) is 24.5. The zero-order chi connectivity index (χ0) is 23.0. The first-order chi connectivity index (χ1) is 15.2. The van der Waals surface area contributed by atoms with Gasteiger partial charge in [0.05, 0.1) is 11.2 Å². The van der Waals surface area contributed by atoms with E-state index in [2.05, 4.69) is 15.0 Å². The van der Waals surface area contributed by atoms with Crippen molar-refractivity contribution < 1.29 is 18.3 Å². The predicted molar refractivity (Wildman–Crippen MR) is 119 cm³/mol. The molecule has 1 aliphatic rings. The number of nitrogens with zero attached hydrogens (tertiary/aromatic N) is 5. The summed E-state index contributed by atoms with van der Waals surface area (Å²) in [5, 5.41) is 10.1. The van der Waals surface area contributed by atoms with Gasteiger partial charge in [0.1, 0.15) is 17.9 Å². The Hall–Kier alpha value is -2.56. The number of sulfonamides is 1. The van der Waals surface area contributed by atoms with Gasteiger partial charge in [-0.1, -0.05) is 37.6 Å². The van der Waals surface area contributed by atoms with Gasteiger partial charge >= 0.3 is 5.97 Å². The number of piperidine rings is 1. The van der Waals surface area contributed by atoms with E-state index < -0.39 is 22.0 Å². The number of halogens is 1. The molecular formula is C21H24ClN5O4S. The Morgan fingerprint density at radius 1 is 1.22 bits per heavy atom. The van der Waals surface area contributed by atoms with Crippen molar-refractivity contribution in [3.05, 3.63) is 47.6 Å². The van der Waals surface area contributed by atoms with E-state index >= 15 is 0 Å². The van der Waals surface area contributed by atoms with E-state index in [1.807, 2.05) is 13.8 Å². The summed E-state index contributed by atoms with van der Waals surface area (Å²) in [6.07, 6.45) is 3.66. The van der Waals surface area contributed by atoms with Crippen molar-refractivity contribution >= 4 is 38.8 Å². The van der Waals surface area contributed by atoms with Crippen LogP contribution in [0.3, 0.4) is 0 Å². The lowest BCUT2D eigenvalue weighted by Gasteiger charge is -2.36. The topological polar surface area (TPSA) is 118 Å². The van der Waals surface area contributed by atoms with Crippen molar-refractivity contribution in [2.24, 2.45) is 5.92 Å². The third-order valence-electron chi connectivity index (χ3n) is 5.91. The maximum atomic E-state index is 13.2. The zero-order valence-corrected chi connectivity index (χ0v) is 19.3. The Morgan fingerprint density at radius 3 is 2.59 bits per heavy atom. The van der Waals surface area contributed by atoms with Gasteiger partial charge in [-0.15, -0.1) is 0 Å². The van der Waals surface area contributed by atoms with E-state index in [-0.39, 0.29) is 34.8 Å². The van der Waals surface area contributed by atoms with Crippen LogP contribution >= 0.6 is 11.6 Å². The molecule has 0 bridgehead atoms. The quantitative estimate of drug-likeness (QED) is 0.541. The largest absolute Gasteiger partial charge is 0.480 e. The minimum absolute atomic E-state index is 0.0583. The van der Waals surface area contributed by atoms with Crippen LogP contribution in [0.25, 0.3) is 11.2 Å². The van der Waals surface area contributed by atoms with E-state index in [4.69, 9.17) is 11.6 Å². The number of carboxylic acids is 1. The molecular weight excluding hydrogens is 454 g/mol. The summed E-state index contributed by atoms with van der Waals surface area (Å²) in [5.74, 6) is -0.941. The molecule has 0 saturated carbocycles. The zero-order valence-electron chi connectivity index (χ0n) is 17.7. The molecule has 2 atom stereocenters. The first-order valence-corrected chi connectivity index (χ1v) is 12.2. The lowest BCUT2D eigenvalue weighted by atomic mass is 9.92. The van der Waals surface area contributed by atoms with Crippen LogP contribution in [0.1, 0.15) is 38.2 Å². The molecule has 1 aromatic carbocycles. The van der Waals surface area contributed by atoms with Crippen LogP contribution in [0.5, 0.6) is 0 Å². The summed E-state index contributed by atoms with van der Waals surface area (Å²) in [6.45, 7) is 4.64. The van der Waals surface area contributed by atoms with E-state index in [0.29, 0.717) is 24.1 Å². The fourth-order valence-electron chi connectivity index (χ4n) is 4.12. The van der Waals surface area contributed by atoms with Gasteiger partial charge in [0, 0.05) is 13.1 Å². The maximum absolute atomic E-state index is 13.2. The highest BCUT2D eigenvalue weighted by atomic mass is 35.5. The molecule has 11 heteroatoms. The van der Waals surface area contributed by atoms with Crippen LogP contribution in [-0.2, 0) is 21.4 Å². The normalized spacial score (nSPS) is 20.1. The number of carbonyl (C=O) groups is 1. The molecule has 3 heterocycles. The van der Waals surface area contributed by atoms with Gasteiger partial charge in [0.15, 0.2) is 10.8 Å². The molecule has 1 aliphatic heterocycles. The molecule has 32 heavy (non-hydrogen) atoms. The second-order valence-corrected chi connectivity index (χ2v) is 10.6. The summed E-state index contributed by atoms with van der Waals surface area (Å²) in [6, 6.07) is 5.51. The molecule has 0 spiro atoms. The number of aromatic nitrogens is 4. The summed E-state index contributed by atoms with van der Waals surface area (Å²) in [5.41, 5.74) is 2.07. The Labute approximate surface area is 191 Å². The highest BCUT2D eigenvalue weighted by Gasteiger charge is 2.41. The lowest BCUT2D eigenvalue weighted by Crippen LogP contribution is -2.50. The van der Waals surface area contributed by atoms with Crippen molar-refractivity contribution in [1.82, 2.24) is 23.8 Å². The van der Waals surface area contributed by atoms with E-state index in [1.165, 1.54) is 6.33 Å². The van der Waals surface area contributed by atoms with Crippen LogP contribution in [0, 0.1) is 5.92 Å². The summed E-state index contributed by atoms with van der Waals surface area (Å²) in [7, 11) is -3.93. The molecule has 1 N–H and O–H groups in total. The number of hydrogen-bond donors (Lipinski definition) is 1. The van der Waals surface area contributed by atoms with Gasteiger partial charge in [-0.05, 0) is 42.4 Å². The van der Waals surface area contributed by atoms with Gasteiger partial charge < -0.3 is 9.67 Å². The molecule has 1 saturated heterocycles. The summed E-state index contributed by atoms with van der Waals surface area (Å²) >= 11 is 6.05. The number of aliphatic carboxylic acids is 1. The average molecular weight is 478 g/mol. The number of hydrogen-bond acceptors (Lipinski definition) is 6. The van der Waals surface area contributed by atoms with Crippen molar-refractivity contribution in [2.75, 3.05) is 6.54 Å².